The van der Waals surface area contributed by atoms with E-state index >= 15 is 0 Å². The average Bonchev–Trinajstić information content (AvgIpc) is 2.99. The Labute approximate surface area is 134 Å². The van der Waals surface area contributed by atoms with Crippen LogP contribution in [0.2, 0.25) is 0 Å². The fraction of sp³-hybridized carbons (Fsp3) is 0.583. The molecule has 0 bridgehead atoms. The van der Waals surface area contributed by atoms with Crippen LogP contribution in [0.15, 0.2) is 20.0 Å². The highest BCUT2D eigenvalue weighted by atomic mass is 79.9. The van der Waals surface area contributed by atoms with Gasteiger partial charge < -0.3 is 14.5 Å². The Morgan fingerprint density at radius 3 is 2.67 bits per heavy atom. The number of carbonyl (C=O) groups is 1. The Morgan fingerprint density at radius 1 is 1.38 bits per heavy atom. The summed E-state index contributed by atoms with van der Waals surface area (Å²) in [5.74, 6) is -0.0501. The lowest BCUT2D eigenvalue weighted by molar-refractivity contribution is 0.0716. The number of nitrogens with one attached hydrogen (secondary N) is 1. The largest absolute Gasteiger partial charge is 0.443 e. The second-order valence-electron chi connectivity index (χ2n) is 5.23. The van der Waals surface area contributed by atoms with Crippen LogP contribution in [-0.2, 0) is 13.8 Å². The van der Waals surface area contributed by atoms with Crippen LogP contribution in [0.3, 0.4) is 0 Å². The van der Waals surface area contributed by atoms with E-state index in [-0.39, 0.29) is 27.5 Å². The molecule has 1 saturated heterocycles. The fourth-order valence-electron chi connectivity index (χ4n) is 2.52. The van der Waals surface area contributed by atoms with E-state index in [1.807, 2.05) is 0 Å². The lowest BCUT2D eigenvalue weighted by Crippen LogP contribution is -2.41. The molecule has 2 unspecified atom stereocenters. The molecule has 2 fully saturated rings. The second kappa shape index (κ2) is 5.57. The smallest absolute Gasteiger partial charge is 0.287 e. The number of carbonyl (C=O) groups excluding carboxylic acids is 1. The van der Waals surface area contributed by atoms with Gasteiger partial charge in [0.25, 0.3) is 15.0 Å². The van der Waals surface area contributed by atoms with Crippen LogP contribution in [0, 0.1) is 5.92 Å². The number of furan rings is 1. The minimum absolute atomic E-state index is 0.0450. The number of halogens is 2. The van der Waals surface area contributed by atoms with Gasteiger partial charge in [-0.15, -0.1) is 0 Å². The first-order valence-corrected chi connectivity index (χ1v) is 9.63. The Morgan fingerprint density at radius 2 is 2.10 bits per heavy atom. The molecular formula is C12H13BrClNO5S. The molecule has 1 aromatic rings. The minimum atomic E-state index is -3.96. The highest BCUT2D eigenvalue weighted by Crippen LogP contribution is 2.39. The highest BCUT2D eigenvalue weighted by Gasteiger charge is 2.41. The summed E-state index contributed by atoms with van der Waals surface area (Å²) in [5.41, 5.74) is 0. The predicted molar refractivity (Wildman–Crippen MR) is 77.8 cm³/mol. The Hall–Kier alpha value is -0.570. The molecule has 116 valence electrons. The van der Waals surface area contributed by atoms with Crippen LogP contribution in [-0.4, -0.2) is 33.1 Å². The van der Waals surface area contributed by atoms with E-state index in [0.717, 1.165) is 25.3 Å². The molecule has 1 amide bonds. The number of ether oxygens (including phenoxy) is 1. The fourth-order valence-corrected chi connectivity index (χ4v) is 4.56. The van der Waals surface area contributed by atoms with E-state index in [1.165, 1.54) is 0 Å². The maximum absolute atomic E-state index is 12.2. The molecule has 1 aliphatic carbocycles. The van der Waals surface area contributed by atoms with Crippen LogP contribution in [0.4, 0.5) is 0 Å². The third kappa shape index (κ3) is 3.28. The van der Waals surface area contributed by atoms with Crippen molar-refractivity contribution in [1.29, 1.82) is 0 Å². The van der Waals surface area contributed by atoms with E-state index in [0.29, 0.717) is 12.5 Å². The van der Waals surface area contributed by atoms with E-state index in [4.69, 9.17) is 19.8 Å². The quantitative estimate of drug-likeness (QED) is 0.786. The van der Waals surface area contributed by atoms with Gasteiger partial charge in [0.1, 0.15) is 4.90 Å². The Kier molecular flexibility index (Phi) is 4.06. The van der Waals surface area contributed by atoms with E-state index < -0.39 is 15.0 Å². The van der Waals surface area contributed by atoms with Crippen molar-refractivity contribution in [2.75, 3.05) is 6.61 Å². The first kappa shape index (κ1) is 15.3. The van der Waals surface area contributed by atoms with E-state index in [2.05, 4.69) is 21.2 Å². The molecule has 1 aliphatic heterocycles. The van der Waals surface area contributed by atoms with Crippen molar-refractivity contribution in [2.24, 2.45) is 5.92 Å². The van der Waals surface area contributed by atoms with Crippen molar-refractivity contribution in [1.82, 2.24) is 5.32 Å². The molecule has 1 N–H and O–H groups in total. The number of amides is 1. The van der Waals surface area contributed by atoms with Crippen LogP contribution >= 0.6 is 26.6 Å². The number of hydrogen-bond donors (Lipinski definition) is 1. The van der Waals surface area contributed by atoms with Gasteiger partial charge in [-0.1, -0.05) is 0 Å². The molecule has 1 saturated carbocycles. The molecule has 21 heavy (non-hydrogen) atoms. The average molecular weight is 399 g/mol. The molecule has 6 nitrogen and oxygen atoms in total. The molecule has 2 aliphatic rings. The molecule has 3 rings (SSSR count). The zero-order valence-electron chi connectivity index (χ0n) is 10.8. The number of hydrogen-bond acceptors (Lipinski definition) is 5. The first-order chi connectivity index (χ1) is 9.86. The Bertz CT molecular complexity index is 669. The molecule has 2 heterocycles. The topological polar surface area (TPSA) is 85.6 Å². The van der Waals surface area contributed by atoms with Gasteiger partial charge in [0.2, 0.25) is 0 Å². The van der Waals surface area contributed by atoms with Gasteiger partial charge in [-0.3, -0.25) is 4.79 Å². The summed E-state index contributed by atoms with van der Waals surface area (Å²) in [6.45, 7) is 0.620. The third-order valence-corrected chi connectivity index (χ3v) is 5.86. The summed E-state index contributed by atoms with van der Waals surface area (Å²) in [4.78, 5) is 11.9. The molecule has 2 atom stereocenters. The van der Waals surface area contributed by atoms with E-state index in [9.17, 15) is 13.2 Å². The van der Waals surface area contributed by atoms with Crippen LogP contribution < -0.4 is 5.32 Å². The first-order valence-electron chi connectivity index (χ1n) is 6.52. The standard InChI is InChI=1S/C12H13BrClNO5S/c13-11-9(21(14,17)18)5-8(20-11)12(16)15-7-3-4-19-10(7)6-1-2-6/h5-7,10H,1-4H2,(H,15,16). The summed E-state index contributed by atoms with van der Waals surface area (Å²) >= 11 is 2.94. The number of rotatable bonds is 4. The molecule has 0 radical (unpaired) electrons. The monoisotopic (exact) mass is 397 g/mol. The van der Waals surface area contributed by atoms with Gasteiger partial charge in [-0.25, -0.2) is 8.42 Å². The van der Waals surface area contributed by atoms with Crippen LogP contribution in [0.5, 0.6) is 0 Å². The van der Waals surface area contributed by atoms with Crippen molar-refractivity contribution in [3.63, 3.8) is 0 Å². The van der Waals surface area contributed by atoms with Gasteiger partial charge in [-0.05, 0) is 41.1 Å². The van der Waals surface area contributed by atoms with Gasteiger partial charge in [0.15, 0.2) is 10.4 Å². The maximum atomic E-state index is 12.2. The Balaban J connectivity index is 1.73. The lowest BCUT2D eigenvalue weighted by Gasteiger charge is -2.18. The third-order valence-electron chi connectivity index (χ3n) is 3.68. The van der Waals surface area contributed by atoms with Crippen molar-refractivity contribution in [2.45, 2.75) is 36.3 Å². The van der Waals surface area contributed by atoms with Crippen LogP contribution in [0.1, 0.15) is 29.8 Å². The van der Waals surface area contributed by atoms with E-state index in [1.54, 1.807) is 0 Å². The zero-order chi connectivity index (χ0) is 15.2. The summed E-state index contributed by atoms with van der Waals surface area (Å²) in [7, 11) is 1.29. The molecule has 0 spiro atoms. The highest BCUT2D eigenvalue weighted by molar-refractivity contribution is 9.10. The normalized spacial score (nSPS) is 26.0. The summed E-state index contributed by atoms with van der Waals surface area (Å²) in [6.07, 6.45) is 3.04. The maximum Gasteiger partial charge on any atom is 0.287 e. The van der Waals surface area contributed by atoms with Gasteiger partial charge in [0, 0.05) is 23.4 Å². The summed E-state index contributed by atoms with van der Waals surface area (Å²) in [5, 5.41) is 2.84. The summed E-state index contributed by atoms with van der Waals surface area (Å²) in [6, 6.07) is 1.05. The van der Waals surface area contributed by atoms with Gasteiger partial charge >= 0.3 is 0 Å². The van der Waals surface area contributed by atoms with Gasteiger partial charge in [0.05, 0.1) is 12.1 Å². The van der Waals surface area contributed by atoms with Crippen molar-refractivity contribution < 1.29 is 22.4 Å². The lowest BCUT2D eigenvalue weighted by atomic mass is 10.1. The second-order valence-corrected chi connectivity index (χ2v) is 8.48. The SMILES string of the molecule is O=C(NC1CCOC1C1CC1)c1cc(S(=O)(=O)Cl)c(Br)o1. The molecule has 0 aromatic carbocycles. The van der Waals surface area contributed by atoms with Crippen molar-refractivity contribution in [3.05, 3.63) is 16.5 Å². The van der Waals surface area contributed by atoms with Gasteiger partial charge in [-0.2, -0.15) is 0 Å². The van der Waals surface area contributed by atoms with Crippen molar-refractivity contribution in [3.8, 4) is 0 Å². The molecule has 9 heteroatoms. The minimum Gasteiger partial charge on any atom is -0.443 e. The zero-order valence-corrected chi connectivity index (χ0v) is 14.0. The summed E-state index contributed by atoms with van der Waals surface area (Å²) < 4.78 is 33.3. The molecular weight excluding hydrogens is 386 g/mol. The van der Waals surface area contributed by atoms with Crippen LogP contribution in [0.25, 0.3) is 0 Å². The molecule has 1 aromatic heterocycles. The van der Waals surface area contributed by atoms with Crippen molar-refractivity contribution >= 4 is 41.6 Å². The predicted octanol–water partition coefficient (Wildman–Crippen LogP) is 2.27.